The van der Waals surface area contributed by atoms with Gasteiger partial charge in [0.25, 0.3) is 0 Å². The number of anilines is 1. The molecule has 2 amide bonds. The average Bonchev–Trinajstić information content (AvgIpc) is 2.69. The van der Waals surface area contributed by atoms with E-state index in [9.17, 15) is 14.0 Å². The molecule has 1 saturated carbocycles. The van der Waals surface area contributed by atoms with Crippen LogP contribution >= 0.6 is 11.6 Å². The number of hydrogen-bond donors (Lipinski definition) is 1. The maximum Gasteiger partial charge on any atom is 0.238 e. The summed E-state index contributed by atoms with van der Waals surface area (Å²) in [6, 6.07) is 13.5. The lowest BCUT2D eigenvalue weighted by atomic mass is 9.63. The number of carbonyl (C=O) groups is 2. The van der Waals surface area contributed by atoms with Crippen molar-refractivity contribution in [2.24, 2.45) is 0 Å². The van der Waals surface area contributed by atoms with Gasteiger partial charge < -0.3 is 10.2 Å². The molecule has 158 valence electrons. The van der Waals surface area contributed by atoms with E-state index in [1.54, 1.807) is 12.1 Å². The fourth-order valence-corrected chi connectivity index (χ4v) is 4.43. The molecular weight excluding hydrogens is 405 g/mol. The average molecular weight is 430 g/mol. The Bertz CT molecular complexity index is 922. The van der Waals surface area contributed by atoms with Crippen molar-refractivity contribution in [3.8, 4) is 0 Å². The van der Waals surface area contributed by atoms with E-state index in [0.29, 0.717) is 36.9 Å². The van der Waals surface area contributed by atoms with E-state index < -0.39 is 5.41 Å². The highest BCUT2D eigenvalue weighted by Gasteiger charge is 2.47. The van der Waals surface area contributed by atoms with Crippen LogP contribution in [0.5, 0.6) is 0 Å². The topological polar surface area (TPSA) is 52.7 Å². The molecular formula is C23H25ClFN3O2. The van der Waals surface area contributed by atoms with E-state index in [-0.39, 0.29) is 24.2 Å². The summed E-state index contributed by atoms with van der Waals surface area (Å²) in [6.45, 7) is 2.70. The van der Waals surface area contributed by atoms with Crippen LogP contribution in [-0.4, -0.2) is 54.3 Å². The molecule has 1 heterocycles. The molecule has 7 heteroatoms. The van der Waals surface area contributed by atoms with Crippen molar-refractivity contribution in [1.82, 2.24) is 9.80 Å². The van der Waals surface area contributed by atoms with Crippen molar-refractivity contribution < 1.29 is 14.0 Å². The first-order valence-corrected chi connectivity index (χ1v) is 10.7. The second kappa shape index (κ2) is 8.74. The molecule has 30 heavy (non-hydrogen) atoms. The van der Waals surface area contributed by atoms with Crippen LogP contribution in [0.3, 0.4) is 0 Å². The number of halogens is 2. The summed E-state index contributed by atoms with van der Waals surface area (Å²) in [5.41, 5.74) is 1.06. The molecule has 2 aliphatic rings. The Kier molecular flexibility index (Phi) is 6.06. The Morgan fingerprint density at radius 2 is 1.73 bits per heavy atom. The van der Waals surface area contributed by atoms with Gasteiger partial charge in [0.2, 0.25) is 11.8 Å². The largest absolute Gasteiger partial charge is 0.339 e. The highest BCUT2D eigenvalue weighted by atomic mass is 35.5. The predicted molar refractivity (Wildman–Crippen MR) is 115 cm³/mol. The lowest BCUT2D eigenvalue weighted by Crippen LogP contribution is -2.57. The zero-order valence-corrected chi connectivity index (χ0v) is 17.5. The first kappa shape index (κ1) is 20.8. The van der Waals surface area contributed by atoms with Gasteiger partial charge in [0.1, 0.15) is 5.82 Å². The number of hydrogen-bond acceptors (Lipinski definition) is 3. The number of nitrogens with one attached hydrogen (secondary N) is 1. The molecule has 1 aliphatic carbocycles. The third kappa shape index (κ3) is 4.35. The highest BCUT2D eigenvalue weighted by molar-refractivity contribution is 6.30. The second-order valence-electron chi connectivity index (χ2n) is 8.07. The fourth-order valence-electron chi connectivity index (χ4n) is 4.31. The minimum absolute atomic E-state index is 0.180. The summed E-state index contributed by atoms with van der Waals surface area (Å²) in [5.74, 6) is -0.387. The van der Waals surface area contributed by atoms with Crippen molar-refractivity contribution in [3.05, 3.63) is 64.9 Å². The summed E-state index contributed by atoms with van der Waals surface area (Å²) < 4.78 is 13.3. The Hall–Kier alpha value is -2.44. The highest BCUT2D eigenvalue weighted by Crippen LogP contribution is 2.45. The molecule has 2 aromatic rings. The lowest BCUT2D eigenvalue weighted by molar-refractivity contribution is -0.142. The monoisotopic (exact) mass is 429 g/mol. The Morgan fingerprint density at radius 3 is 2.33 bits per heavy atom. The van der Waals surface area contributed by atoms with Gasteiger partial charge in [-0.25, -0.2) is 4.39 Å². The lowest BCUT2D eigenvalue weighted by Gasteiger charge is -2.46. The Labute approximate surface area is 180 Å². The van der Waals surface area contributed by atoms with E-state index in [2.05, 4.69) is 5.32 Å². The number of carbonyl (C=O) groups excluding carboxylic acids is 2. The molecule has 0 radical (unpaired) electrons. The molecule has 0 spiro atoms. The fraction of sp³-hybridized carbons (Fsp3) is 0.391. The summed E-state index contributed by atoms with van der Waals surface area (Å²) in [4.78, 5) is 29.6. The van der Waals surface area contributed by atoms with Crippen LogP contribution in [0.4, 0.5) is 10.1 Å². The van der Waals surface area contributed by atoms with Gasteiger partial charge in [0.05, 0.1) is 12.0 Å². The number of piperazine rings is 1. The van der Waals surface area contributed by atoms with Crippen LogP contribution in [0.15, 0.2) is 48.5 Å². The maximum absolute atomic E-state index is 13.3. The van der Waals surface area contributed by atoms with Crippen LogP contribution in [0.25, 0.3) is 0 Å². The predicted octanol–water partition coefficient (Wildman–Crippen LogP) is 3.68. The van der Waals surface area contributed by atoms with Crippen LogP contribution in [-0.2, 0) is 15.0 Å². The molecule has 0 aromatic heterocycles. The van der Waals surface area contributed by atoms with Crippen molar-refractivity contribution >= 4 is 29.1 Å². The molecule has 2 aromatic carbocycles. The minimum atomic E-state index is -0.429. The maximum atomic E-state index is 13.3. The quantitative estimate of drug-likeness (QED) is 0.788. The zero-order valence-electron chi connectivity index (χ0n) is 16.7. The normalized spacial score (nSPS) is 18.5. The summed E-state index contributed by atoms with van der Waals surface area (Å²) >= 11 is 6.02. The summed E-state index contributed by atoms with van der Waals surface area (Å²) in [5, 5.41) is 3.39. The molecule has 5 nitrogen and oxygen atoms in total. The van der Waals surface area contributed by atoms with Gasteiger partial charge in [0.15, 0.2) is 0 Å². The smallest absolute Gasteiger partial charge is 0.238 e. The van der Waals surface area contributed by atoms with E-state index in [1.165, 1.54) is 12.1 Å². The Morgan fingerprint density at radius 1 is 1.03 bits per heavy atom. The first-order chi connectivity index (χ1) is 14.5. The van der Waals surface area contributed by atoms with Gasteiger partial charge in [-0.05, 0) is 48.7 Å². The van der Waals surface area contributed by atoms with Crippen LogP contribution in [0.2, 0.25) is 5.02 Å². The second-order valence-corrected chi connectivity index (χ2v) is 8.51. The number of rotatable bonds is 5. The van der Waals surface area contributed by atoms with E-state index in [1.807, 2.05) is 34.1 Å². The molecule has 0 atom stereocenters. The molecule has 0 unspecified atom stereocenters. The van der Waals surface area contributed by atoms with Gasteiger partial charge in [-0.3, -0.25) is 14.5 Å². The van der Waals surface area contributed by atoms with E-state index >= 15 is 0 Å². The van der Waals surface area contributed by atoms with Gasteiger partial charge >= 0.3 is 0 Å². The van der Waals surface area contributed by atoms with Gasteiger partial charge in [-0.1, -0.05) is 36.2 Å². The summed E-state index contributed by atoms with van der Waals surface area (Å²) in [7, 11) is 0. The van der Waals surface area contributed by atoms with Gasteiger partial charge in [-0.15, -0.1) is 0 Å². The van der Waals surface area contributed by atoms with Crippen LogP contribution in [0.1, 0.15) is 24.8 Å². The van der Waals surface area contributed by atoms with Crippen molar-refractivity contribution in [3.63, 3.8) is 0 Å². The zero-order chi connectivity index (χ0) is 21.1. The van der Waals surface area contributed by atoms with E-state index in [0.717, 1.165) is 24.8 Å². The van der Waals surface area contributed by atoms with Crippen LogP contribution in [0, 0.1) is 5.82 Å². The third-order valence-corrected chi connectivity index (χ3v) is 6.40. The minimum Gasteiger partial charge on any atom is -0.339 e. The molecule has 2 fully saturated rings. The van der Waals surface area contributed by atoms with Crippen molar-refractivity contribution in [2.75, 3.05) is 38.0 Å². The van der Waals surface area contributed by atoms with Gasteiger partial charge in [0, 0.05) is 36.9 Å². The molecule has 1 saturated heterocycles. The number of benzene rings is 2. The molecule has 0 bridgehead atoms. The SMILES string of the molecule is O=C(CN1CCN(C(=O)C2(c3ccc(Cl)cc3)CCC2)CC1)Nc1cccc(F)c1. The van der Waals surface area contributed by atoms with Crippen molar-refractivity contribution in [1.29, 1.82) is 0 Å². The van der Waals surface area contributed by atoms with Gasteiger partial charge in [-0.2, -0.15) is 0 Å². The van der Waals surface area contributed by atoms with E-state index in [4.69, 9.17) is 11.6 Å². The Balaban J connectivity index is 1.32. The number of nitrogens with zero attached hydrogens (tertiary/aromatic N) is 2. The van der Waals surface area contributed by atoms with Crippen LogP contribution < -0.4 is 5.32 Å². The molecule has 1 aliphatic heterocycles. The molecule has 4 rings (SSSR count). The summed E-state index contributed by atoms with van der Waals surface area (Å²) in [6.07, 6.45) is 2.78. The molecule has 1 N–H and O–H groups in total. The number of amides is 2. The standard InChI is InChI=1S/C23H25ClFN3O2/c24-18-7-5-17(6-8-18)23(9-2-10-23)22(30)28-13-11-27(12-14-28)16-21(29)26-20-4-1-3-19(25)15-20/h1,3-8,15H,2,9-14,16H2,(H,26,29). The third-order valence-electron chi connectivity index (χ3n) is 6.15. The van der Waals surface area contributed by atoms with Crippen molar-refractivity contribution in [2.45, 2.75) is 24.7 Å². The first-order valence-electron chi connectivity index (χ1n) is 10.3.